The van der Waals surface area contributed by atoms with Gasteiger partial charge >= 0.3 is 0 Å². The molecule has 36 heavy (non-hydrogen) atoms. The molecule has 0 spiro atoms. The van der Waals surface area contributed by atoms with E-state index >= 15 is 0 Å². The van der Waals surface area contributed by atoms with E-state index in [-0.39, 0.29) is 12.2 Å². The first kappa shape index (κ1) is 24.4. The predicted molar refractivity (Wildman–Crippen MR) is 148 cm³/mol. The minimum atomic E-state index is 0.0688. The van der Waals surface area contributed by atoms with Gasteiger partial charge < -0.3 is 14.2 Å². The standard InChI is InChI=1S/C29H30Br2N2O3/c30-22-13-20(14-23(31)16-22)18-34-28-15-21-5-1-2-6-25(21)29(28)33-11-9-32(10-12-33)17-24-19-35-26-7-3-4-8-27(26)36-24/h1-8,13-14,16,24,28-29H,9-12,15,17-19H2/t24-,28?,29?/m0/s1. The summed E-state index contributed by atoms with van der Waals surface area (Å²) in [6, 6.07) is 23.4. The zero-order chi connectivity index (χ0) is 24.5. The highest BCUT2D eigenvalue weighted by Crippen LogP contribution is 2.39. The normalized spacial score (nSPS) is 24.0. The van der Waals surface area contributed by atoms with E-state index in [1.165, 1.54) is 16.7 Å². The van der Waals surface area contributed by atoms with Gasteiger partial charge in [0.25, 0.3) is 0 Å². The van der Waals surface area contributed by atoms with Gasteiger partial charge in [-0.3, -0.25) is 9.80 Å². The second kappa shape index (κ2) is 10.8. The van der Waals surface area contributed by atoms with Crippen LogP contribution in [0.25, 0.3) is 0 Å². The molecule has 3 aromatic rings. The van der Waals surface area contributed by atoms with Crippen LogP contribution in [0.15, 0.2) is 75.7 Å². The van der Waals surface area contributed by atoms with Crippen molar-refractivity contribution in [3.8, 4) is 11.5 Å². The topological polar surface area (TPSA) is 34.2 Å². The molecule has 7 heteroatoms. The van der Waals surface area contributed by atoms with Crippen molar-refractivity contribution in [2.75, 3.05) is 39.3 Å². The number of hydrogen-bond donors (Lipinski definition) is 0. The number of fused-ring (bicyclic) bond motifs is 2. The average Bonchev–Trinajstić information content (AvgIpc) is 3.26. The van der Waals surface area contributed by atoms with Gasteiger partial charge in [0.2, 0.25) is 0 Å². The number of nitrogens with zero attached hydrogens (tertiary/aromatic N) is 2. The van der Waals surface area contributed by atoms with Crippen LogP contribution < -0.4 is 9.47 Å². The molecular formula is C29H30Br2N2O3. The Hall–Kier alpha value is -1.90. The van der Waals surface area contributed by atoms with Gasteiger partial charge in [-0.1, -0.05) is 68.3 Å². The van der Waals surface area contributed by atoms with Crippen molar-refractivity contribution in [2.45, 2.75) is 31.3 Å². The number of halogens is 2. The van der Waals surface area contributed by atoms with E-state index in [2.05, 4.69) is 84.1 Å². The van der Waals surface area contributed by atoms with Crippen LogP contribution in [0.4, 0.5) is 0 Å². The van der Waals surface area contributed by atoms with E-state index in [1.807, 2.05) is 24.3 Å². The Balaban J connectivity index is 1.09. The SMILES string of the molecule is Brc1cc(Br)cc(COC2Cc3ccccc3C2N2CCN(C[C@H]3COc4ccccc4O3)CC2)c1. The molecule has 3 atom stereocenters. The number of rotatable bonds is 6. The van der Waals surface area contributed by atoms with Gasteiger partial charge in [0.05, 0.1) is 18.8 Å². The molecule has 5 nitrogen and oxygen atoms in total. The maximum Gasteiger partial charge on any atom is 0.161 e. The predicted octanol–water partition coefficient (Wildman–Crippen LogP) is 5.85. The zero-order valence-corrected chi connectivity index (χ0v) is 23.3. The summed E-state index contributed by atoms with van der Waals surface area (Å²) < 4.78 is 20.9. The molecule has 188 valence electrons. The molecule has 0 N–H and O–H groups in total. The Morgan fingerprint density at radius 3 is 2.39 bits per heavy atom. The minimum absolute atomic E-state index is 0.0688. The molecule has 3 aliphatic rings. The average molecular weight is 614 g/mol. The largest absolute Gasteiger partial charge is 0.486 e. The van der Waals surface area contributed by atoms with E-state index in [1.54, 1.807) is 0 Å². The molecule has 1 aliphatic carbocycles. The molecule has 0 radical (unpaired) electrons. The second-order valence-electron chi connectivity index (χ2n) is 9.81. The summed E-state index contributed by atoms with van der Waals surface area (Å²) in [6.45, 7) is 6.18. The fraction of sp³-hybridized carbons (Fsp3) is 0.379. The second-order valence-corrected chi connectivity index (χ2v) is 11.6. The molecule has 0 amide bonds. The quantitative estimate of drug-likeness (QED) is 0.348. The van der Waals surface area contributed by atoms with E-state index in [0.717, 1.165) is 59.6 Å². The van der Waals surface area contributed by atoms with Crippen LogP contribution in [0.2, 0.25) is 0 Å². The highest BCUT2D eigenvalue weighted by molar-refractivity contribution is 9.11. The van der Waals surface area contributed by atoms with E-state index in [9.17, 15) is 0 Å². The lowest BCUT2D eigenvalue weighted by atomic mass is 10.0. The van der Waals surface area contributed by atoms with Gasteiger partial charge in [0.15, 0.2) is 11.5 Å². The molecule has 3 aromatic carbocycles. The van der Waals surface area contributed by atoms with Gasteiger partial charge in [0, 0.05) is 48.1 Å². The van der Waals surface area contributed by atoms with Crippen LogP contribution in [0.5, 0.6) is 11.5 Å². The monoisotopic (exact) mass is 612 g/mol. The fourth-order valence-corrected chi connectivity index (χ4v) is 7.07. The minimum Gasteiger partial charge on any atom is -0.486 e. The summed E-state index contributed by atoms with van der Waals surface area (Å²) in [5.74, 6) is 1.70. The molecule has 2 unspecified atom stereocenters. The van der Waals surface area contributed by atoms with Crippen molar-refractivity contribution in [2.24, 2.45) is 0 Å². The summed E-state index contributed by atoms with van der Waals surface area (Å²) in [6.07, 6.45) is 1.18. The van der Waals surface area contributed by atoms with Crippen LogP contribution in [-0.2, 0) is 17.8 Å². The van der Waals surface area contributed by atoms with Crippen LogP contribution in [0, 0.1) is 0 Å². The lowest BCUT2D eigenvalue weighted by Crippen LogP contribution is -2.52. The molecule has 2 heterocycles. The van der Waals surface area contributed by atoms with Crippen molar-refractivity contribution in [3.05, 3.63) is 92.4 Å². The van der Waals surface area contributed by atoms with Gasteiger partial charge in [0.1, 0.15) is 12.7 Å². The summed E-state index contributed by atoms with van der Waals surface area (Å²) >= 11 is 7.20. The maximum atomic E-state index is 6.60. The van der Waals surface area contributed by atoms with Gasteiger partial charge in [-0.15, -0.1) is 0 Å². The summed E-state index contributed by atoms with van der Waals surface area (Å²) in [4.78, 5) is 5.13. The number of ether oxygens (including phenoxy) is 3. The summed E-state index contributed by atoms with van der Waals surface area (Å²) in [5.41, 5.74) is 4.01. The first-order chi connectivity index (χ1) is 17.6. The van der Waals surface area contributed by atoms with Gasteiger partial charge in [-0.05, 0) is 47.0 Å². The van der Waals surface area contributed by atoms with Crippen LogP contribution in [-0.4, -0.2) is 61.3 Å². The number of benzene rings is 3. The molecular weight excluding hydrogens is 584 g/mol. The Labute approximate surface area is 229 Å². The number of piperazine rings is 1. The third-order valence-corrected chi connectivity index (χ3v) is 8.28. The van der Waals surface area contributed by atoms with E-state index in [0.29, 0.717) is 19.3 Å². The highest BCUT2D eigenvalue weighted by atomic mass is 79.9. The molecule has 1 fully saturated rings. The maximum absolute atomic E-state index is 6.60. The van der Waals surface area contributed by atoms with Crippen molar-refractivity contribution in [3.63, 3.8) is 0 Å². The van der Waals surface area contributed by atoms with Crippen LogP contribution in [0.3, 0.4) is 0 Å². The lowest BCUT2D eigenvalue weighted by molar-refractivity contribution is -0.0335. The Kier molecular flexibility index (Phi) is 7.36. The van der Waals surface area contributed by atoms with Gasteiger partial charge in [-0.25, -0.2) is 0 Å². The Morgan fingerprint density at radius 1 is 0.861 bits per heavy atom. The van der Waals surface area contributed by atoms with Crippen molar-refractivity contribution >= 4 is 31.9 Å². The zero-order valence-electron chi connectivity index (χ0n) is 20.1. The summed E-state index contributed by atoms with van der Waals surface area (Å²) in [5, 5.41) is 0. The van der Waals surface area contributed by atoms with Crippen molar-refractivity contribution < 1.29 is 14.2 Å². The molecule has 0 aromatic heterocycles. The first-order valence-electron chi connectivity index (χ1n) is 12.6. The fourth-order valence-electron chi connectivity index (χ4n) is 5.68. The Morgan fingerprint density at radius 2 is 1.58 bits per heavy atom. The smallest absolute Gasteiger partial charge is 0.161 e. The van der Waals surface area contributed by atoms with Crippen molar-refractivity contribution in [1.82, 2.24) is 9.80 Å². The first-order valence-corrected chi connectivity index (χ1v) is 14.2. The van der Waals surface area contributed by atoms with Crippen LogP contribution >= 0.6 is 31.9 Å². The lowest BCUT2D eigenvalue weighted by Gasteiger charge is -2.41. The third-order valence-electron chi connectivity index (χ3n) is 7.36. The summed E-state index contributed by atoms with van der Waals surface area (Å²) in [7, 11) is 0. The molecule has 0 saturated carbocycles. The molecule has 6 rings (SSSR count). The molecule has 0 bridgehead atoms. The number of hydrogen-bond acceptors (Lipinski definition) is 5. The third kappa shape index (κ3) is 5.36. The van der Waals surface area contributed by atoms with Gasteiger partial charge in [-0.2, -0.15) is 0 Å². The van der Waals surface area contributed by atoms with E-state index < -0.39 is 0 Å². The Bertz CT molecular complexity index is 1190. The van der Waals surface area contributed by atoms with Crippen LogP contribution in [0.1, 0.15) is 22.7 Å². The molecule has 2 aliphatic heterocycles. The highest BCUT2D eigenvalue weighted by Gasteiger charge is 2.38. The van der Waals surface area contributed by atoms with E-state index in [4.69, 9.17) is 14.2 Å². The number of para-hydroxylation sites is 2. The molecule has 1 saturated heterocycles. The van der Waals surface area contributed by atoms with Crippen molar-refractivity contribution in [1.29, 1.82) is 0 Å².